The first kappa shape index (κ1) is 20.1. The van der Waals surface area contributed by atoms with Gasteiger partial charge in [-0.15, -0.1) is 0 Å². The highest BCUT2D eigenvalue weighted by atomic mass is 16.8. The Balaban J connectivity index is 1.51. The van der Waals surface area contributed by atoms with Crippen molar-refractivity contribution >= 4 is 0 Å². The summed E-state index contributed by atoms with van der Waals surface area (Å²) in [5.74, 6) is -0.865. The van der Waals surface area contributed by atoms with Crippen molar-refractivity contribution < 1.29 is 24.1 Å². The summed E-state index contributed by atoms with van der Waals surface area (Å²) in [7, 11) is 0. The lowest BCUT2D eigenvalue weighted by atomic mass is 9.80. The molecule has 1 N–H and O–H groups in total. The summed E-state index contributed by atoms with van der Waals surface area (Å²) in [6.07, 6.45) is 10.1. The molecule has 0 aromatic heterocycles. The van der Waals surface area contributed by atoms with Gasteiger partial charge in [-0.2, -0.15) is 0 Å². The van der Waals surface area contributed by atoms with E-state index in [-0.39, 0.29) is 30.3 Å². The predicted molar refractivity (Wildman–Crippen MR) is 102 cm³/mol. The second kappa shape index (κ2) is 7.91. The molecule has 2 unspecified atom stereocenters. The Kier molecular flexibility index (Phi) is 5.88. The molecule has 0 aromatic rings. The third kappa shape index (κ3) is 3.59. The van der Waals surface area contributed by atoms with Gasteiger partial charge in [-0.25, -0.2) is 0 Å². The van der Waals surface area contributed by atoms with Crippen molar-refractivity contribution in [2.75, 3.05) is 0 Å². The van der Waals surface area contributed by atoms with E-state index in [0.717, 1.165) is 64.2 Å². The van der Waals surface area contributed by atoms with Crippen LogP contribution in [0.3, 0.4) is 0 Å². The lowest BCUT2D eigenvalue weighted by Gasteiger charge is -2.39. The standard InChI is InChI=1S/C22H38O5/c1-4-6-11-21(12-7-5-2)24-17-15(3)18-20(16(23)19(17)26-21)27-22(25-18)13-9-8-10-14-22/h15-20,23H,4-14H2,1-3H3/t15?,16-,17+,18+,19-,20?/m1/s1. The molecule has 1 spiro atoms. The van der Waals surface area contributed by atoms with Crippen molar-refractivity contribution in [3.05, 3.63) is 0 Å². The second-order valence-electron chi connectivity index (χ2n) is 9.27. The molecule has 6 atom stereocenters. The maximum absolute atomic E-state index is 11.2. The summed E-state index contributed by atoms with van der Waals surface area (Å²) in [6.45, 7) is 6.58. The Morgan fingerprint density at radius 3 is 1.93 bits per heavy atom. The minimum absolute atomic E-state index is 0.101. The fourth-order valence-electron chi connectivity index (χ4n) is 5.61. The third-order valence-electron chi connectivity index (χ3n) is 7.20. The van der Waals surface area contributed by atoms with E-state index in [1.807, 2.05) is 0 Å². The molecule has 0 aromatic carbocycles. The summed E-state index contributed by atoms with van der Waals surface area (Å²) >= 11 is 0. The lowest BCUT2D eigenvalue weighted by molar-refractivity contribution is -0.218. The molecule has 4 fully saturated rings. The van der Waals surface area contributed by atoms with Crippen molar-refractivity contribution in [2.24, 2.45) is 5.92 Å². The van der Waals surface area contributed by atoms with Crippen molar-refractivity contribution in [3.8, 4) is 0 Å². The predicted octanol–water partition coefficient (Wildman–Crippen LogP) is 4.30. The monoisotopic (exact) mass is 382 g/mol. The fourth-order valence-corrected chi connectivity index (χ4v) is 5.61. The number of unbranched alkanes of at least 4 members (excludes halogenated alkanes) is 2. The molecule has 5 nitrogen and oxygen atoms in total. The van der Waals surface area contributed by atoms with Crippen LogP contribution in [-0.2, 0) is 18.9 Å². The van der Waals surface area contributed by atoms with Gasteiger partial charge in [0, 0.05) is 31.6 Å². The van der Waals surface area contributed by atoms with Crippen LogP contribution in [0.15, 0.2) is 0 Å². The molecular weight excluding hydrogens is 344 g/mol. The molecule has 4 aliphatic rings. The van der Waals surface area contributed by atoms with Gasteiger partial charge >= 0.3 is 0 Å². The number of hydrogen-bond donors (Lipinski definition) is 1. The summed E-state index contributed by atoms with van der Waals surface area (Å²) in [6, 6.07) is 0. The zero-order chi connectivity index (χ0) is 19.1. The third-order valence-corrected chi connectivity index (χ3v) is 7.20. The zero-order valence-electron chi connectivity index (χ0n) is 17.3. The topological polar surface area (TPSA) is 57.2 Å². The molecule has 4 rings (SSSR count). The molecule has 2 saturated heterocycles. The van der Waals surface area contributed by atoms with Gasteiger partial charge in [-0.05, 0) is 25.7 Å². The van der Waals surface area contributed by atoms with Gasteiger partial charge in [0.1, 0.15) is 18.3 Å². The molecule has 156 valence electrons. The molecule has 2 heterocycles. The largest absolute Gasteiger partial charge is 0.387 e. The molecule has 5 heteroatoms. The van der Waals surface area contributed by atoms with Crippen molar-refractivity contribution in [1.82, 2.24) is 0 Å². The number of ether oxygens (including phenoxy) is 4. The number of aliphatic hydroxyl groups excluding tert-OH is 1. The van der Waals surface area contributed by atoms with Crippen molar-refractivity contribution in [2.45, 2.75) is 133 Å². The molecule has 0 amide bonds. The van der Waals surface area contributed by atoms with Gasteiger partial charge < -0.3 is 24.1 Å². The Bertz CT molecular complexity index is 465. The average Bonchev–Trinajstić information content (AvgIpc) is 3.24. The maximum atomic E-state index is 11.2. The Hall–Kier alpha value is -0.200. The minimum atomic E-state index is -0.678. The Morgan fingerprint density at radius 2 is 1.30 bits per heavy atom. The van der Waals surface area contributed by atoms with Crippen LogP contribution in [0, 0.1) is 5.92 Å². The number of hydrogen-bond acceptors (Lipinski definition) is 5. The molecule has 2 saturated carbocycles. The van der Waals surface area contributed by atoms with E-state index in [1.54, 1.807) is 0 Å². The van der Waals surface area contributed by atoms with Gasteiger partial charge in [-0.1, -0.05) is 40.0 Å². The van der Waals surface area contributed by atoms with Crippen molar-refractivity contribution in [1.29, 1.82) is 0 Å². The van der Waals surface area contributed by atoms with E-state index in [2.05, 4.69) is 20.8 Å². The molecule has 0 bridgehead atoms. The molecule has 0 radical (unpaired) electrons. The molecule has 2 aliphatic heterocycles. The molecule has 27 heavy (non-hydrogen) atoms. The Labute approximate surface area is 164 Å². The van der Waals surface area contributed by atoms with Crippen LogP contribution in [0.4, 0.5) is 0 Å². The summed E-state index contributed by atoms with van der Waals surface area (Å²) < 4.78 is 26.0. The van der Waals surface area contributed by atoms with Gasteiger partial charge in [0.25, 0.3) is 0 Å². The highest BCUT2D eigenvalue weighted by molar-refractivity contribution is 5.07. The molecule has 2 aliphatic carbocycles. The summed E-state index contributed by atoms with van der Waals surface area (Å²) in [4.78, 5) is 0. The van der Waals surface area contributed by atoms with Gasteiger partial charge in [0.15, 0.2) is 11.6 Å². The van der Waals surface area contributed by atoms with Crippen LogP contribution in [-0.4, -0.2) is 47.2 Å². The van der Waals surface area contributed by atoms with E-state index in [4.69, 9.17) is 18.9 Å². The van der Waals surface area contributed by atoms with Crippen LogP contribution >= 0.6 is 0 Å². The van der Waals surface area contributed by atoms with Crippen molar-refractivity contribution in [3.63, 3.8) is 0 Å². The summed E-state index contributed by atoms with van der Waals surface area (Å²) in [5.41, 5.74) is 0. The van der Waals surface area contributed by atoms with Crippen LogP contribution in [0.1, 0.15) is 91.4 Å². The molecular formula is C22H38O5. The van der Waals surface area contributed by atoms with Gasteiger partial charge in [-0.3, -0.25) is 0 Å². The van der Waals surface area contributed by atoms with E-state index in [0.29, 0.717) is 0 Å². The highest BCUT2D eigenvalue weighted by Gasteiger charge is 2.64. The summed E-state index contributed by atoms with van der Waals surface area (Å²) in [5, 5.41) is 11.2. The zero-order valence-corrected chi connectivity index (χ0v) is 17.3. The van der Waals surface area contributed by atoms with Gasteiger partial charge in [0.2, 0.25) is 0 Å². The number of aliphatic hydroxyl groups is 1. The van der Waals surface area contributed by atoms with E-state index < -0.39 is 17.7 Å². The SMILES string of the molecule is CCCCC1(CCCC)O[C@@H]2[C@@H](O)C3OC4(CCCCC4)O[C@H]3C(C)[C@@H]2O1. The first-order chi connectivity index (χ1) is 13.0. The highest BCUT2D eigenvalue weighted by Crippen LogP contribution is 2.51. The minimum Gasteiger partial charge on any atom is -0.387 e. The first-order valence-corrected chi connectivity index (χ1v) is 11.4. The second-order valence-corrected chi connectivity index (χ2v) is 9.27. The first-order valence-electron chi connectivity index (χ1n) is 11.4. The fraction of sp³-hybridized carbons (Fsp3) is 1.00. The lowest BCUT2D eigenvalue weighted by Crippen LogP contribution is -2.57. The van der Waals surface area contributed by atoms with Gasteiger partial charge in [0.05, 0.1) is 12.2 Å². The van der Waals surface area contributed by atoms with E-state index >= 15 is 0 Å². The van der Waals surface area contributed by atoms with Crippen LogP contribution < -0.4 is 0 Å². The van der Waals surface area contributed by atoms with Crippen LogP contribution in [0.2, 0.25) is 0 Å². The maximum Gasteiger partial charge on any atom is 0.169 e. The quantitative estimate of drug-likeness (QED) is 0.742. The number of fused-ring (bicyclic) bond motifs is 2. The normalized spacial score (nSPS) is 42.2. The van der Waals surface area contributed by atoms with E-state index in [9.17, 15) is 5.11 Å². The average molecular weight is 383 g/mol. The Morgan fingerprint density at radius 1 is 0.778 bits per heavy atom. The van der Waals surface area contributed by atoms with E-state index in [1.165, 1.54) is 6.42 Å². The van der Waals surface area contributed by atoms with Crippen LogP contribution in [0.25, 0.3) is 0 Å². The van der Waals surface area contributed by atoms with Crippen LogP contribution in [0.5, 0.6) is 0 Å². The number of rotatable bonds is 6. The smallest absolute Gasteiger partial charge is 0.169 e.